The minimum absolute atomic E-state index is 0.885. The van der Waals surface area contributed by atoms with Crippen molar-refractivity contribution < 1.29 is 0 Å². The molecule has 0 saturated heterocycles. The number of hydrogen-bond acceptors (Lipinski definition) is 2. The number of hydrogen-bond donors (Lipinski definition) is 1. The summed E-state index contributed by atoms with van der Waals surface area (Å²) in [6.07, 6.45) is 0. The Kier molecular flexibility index (Phi) is 4.16. The van der Waals surface area contributed by atoms with E-state index in [1.807, 2.05) is 41.5 Å². The van der Waals surface area contributed by atoms with E-state index in [-0.39, 0.29) is 0 Å². The highest BCUT2D eigenvalue weighted by molar-refractivity contribution is 8.44. The Bertz CT molecular complexity index is 306. The molecule has 14 heavy (non-hydrogen) atoms. The Morgan fingerprint density at radius 2 is 1.79 bits per heavy atom. The van der Waals surface area contributed by atoms with Gasteiger partial charge in [-0.25, -0.2) is 0 Å². The molecule has 0 spiro atoms. The molecule has 1 rings (SSSR count). The third kappa shape index (κ3) is 4.79. The van der Waals surface area contributed by atoms with Crippen LogP contribution in [0.4, 0.5) is 5.69 Å². The van der Waals surface area contributed by atoms with E-state index < -0.39 is 7.22 Å². The van der Waals surface area contributed by atoms with Gasteiger partial charge in [-0.1, -0.05) is 50.1 Å². The molecule has 0 aliphatic rings. The summed E-state index contributed by atoms with van der Waals surface area (Å²) < 4.78 is 0.885. The highest BCUT2D eigenvalue weighted by atomic mass is 32.4. The van der Waals surface area contributed by atoms with Crippen LogP contribution in [0.15, 0.2) is 30.3 Å². The Morgan fingerprint density at radius 3 is 2.29 bits per heavy atom. The van der Waals surface area contributed by atoms with E-state index in [9.17, 15) is 0 Å². The average molecular weight is 241 g/mol. The third-order valence-corrected chi connectivity index (χ3v) is 5.56. The summed E-state index contributed by atoms with van der Waals surface area (Å²) in [5.41, 5.74) is 1.07. The molecule has 0 bridgehead atoms. The van der Waals surface area contributed by atoms with Crippen LogP contribution in [-0.2, 0) is 0 Å². The van der Waals surface area contributed by atoms with Crippen LogP contribution in [0.2, 0.25) is 19.6 Å². The maximum atomic E-state index is 5.27. The van der Waals surface area contributed by atoms with Crippen LogP contribution < -0.4 is 5.32 Å². The van der Waals surface area contributed by atoms with Crippen molar-refractivity contribution in [2.24, 2.45) is 0 Å². The smallest absolute Gasteiger partial charge is 0.132 e. The Hall–Kier alpha value is -0.323. The van der Waals surface area contributed by atoms with Gasteiger partial charge in [0.1, 0.15) is 11.5 Å². The van der Waals surface area contributed by atoms with Crippen LogP contribution in [0.25, 0.3) is 0 Å². The Balaban J connectivity index is 2.50. The first-order valence-corrected chi connectivity index (χ1v) is 9.97. The molecule has 0 amide bonds. The fourth-order valence-electron chi connectivity index (χ4n) is 0.943. The van der Waals surface area contributed by atoms with Gasteiger partial charge < -0.3 is 5.32 Å². The predicted octanol–water partition coefficient (Wildman–Crippen LogP) is 3.95. The topological polar surface area (TPSA) is 12.0 Å². The molecule has 0 fully saturated rings. The molecule has 0 aromatic heterocycles. The molecule has 0 heterocycles. The monoisotopic (exact) mass is 241 g/mol. The molecule has 1 aromatic rings. The molecule has 0 unspecified atom stereocenters. The zero-order valence-electron chi connectivity index (χ0n) is 8.70. The van der Waals surface area contributed by atoms with E-state index in [1.54, 1.807) is 0 Å². The van der Waals surface area contributed by atoms with Gasteiger partial charge in [-0.15, -0.1) is 11.2 Å². The van der Waals surface area contributed by atoms with Gasteiger partial charge in [-0.2, -0.15) is 0 Å². The maximum Gasteiger partial charge on any atom is 0.132 e. The van der Waals surface area contributed by atoms with Gasteiger partial charge in [-0.05, 0) is 12.1 Å². The molecule has 76 valence electrons. The number of rotatable bonds is 2. The van der Waals surface area contributed by atoms with Crippen LogP contribution in [0, 0.1) is 0 Å². The fourth-order valence-corrected chi connectivity index (χ4v) is 5.86. The summed E-state index contributed by atoms with van der Waals surface area (Å²) in [7, 11) is -1.16. The van der Waals surface area contributed by atoms with Crippen LogP contribution >= 0.6 is 23.4 Å². The van der Waals surface area contributed by atoms with Gasteiger partial charge in [0.25, 0.3) is 0 Å². The molecule has 0 aliphatic carbocycles. The summed E-state index contributed by atoms with van der Waals surface area (Å²) in [5.74, 6) is 0. The lowest BCUT2D eigenvalue weighted by Crippen LogP contribution is -2.20. The number of nitrogens with one attached hydrogen (secondary N) is 1. The van der Waals surface area contributed by atoms with E-state index >= 15 is 0 Å². The SMILES string of the molecule is C[Si](C)(C)SC(=S)Nc1ccccc1. The molecule has 0 atom stereocenters. The summed E-state index contributed by atoms with van der Waals surface area (Å²) in [6, 6.07) is 10.1. The summed E-state index contributed by atoms with van der Waals surface area (Å²) >= 11 is 7.08. The van der Waals surface area contributed by atoms with Crippen molar-refractivity contribution in [2.75, 3.05) is 5.32 Å². The van der Waals surface area contributed by atoms with E-state index in [1.165, 1.54) is 0 Å². The van der Waals surface area contributed by atoms with Gasteiger partial charge in [-0.3, -0.25) is 0 Å². The molecular formula is C10H15NS2Si. The van der Waals surface area contributed by atoms with Gasteiger partial charge in [0.2, 0.25) is 0 Å². The molecule has 0 saturated carbocycles. The zero-order valence-corrected chi connectivity index (χ0v) is 11.3. The van der Waals surface area contributed by atoms with Crippen molar-refractivity contribution in [1.29, 1.82) is 0 Å². The number of benzene rings is 1. The molecule has 1 N–H and O–H groups in total. The molecule has 1 aromatic carbocycles. The zero-order chi connectivity index (χ0) is 10.6. The van der Waals surface area contributed by atoms with Crippen LogP contribution in [0.1, 0.15) is 0 Å². The molecule has 1 nitrogen and oxygen atoms in total. The standard InChI is InChI=1S/C10H15NS2Si/c1-14(2,3)13-10(12)11-9-7-5-4-6-8-9/h4-8H,1-3H3,(H,11,12). The Labute approximate surface area is 95.9 Å². The van der Waals surface area contributed by atoms with Crippen LogP contribution in [0.5, 0.6) is 0 Å². The van der Waals surface area contributed by atoms with E-state index in [0.717, 1.165) is 10.0 Å². The van der Waals surface area contributed by atoms with Gasteiger partial charge in [0.15, 0.2) is 0 Å². The van der Waals surface area contributed by atoms with E-state index in [2.05, 4.69) is 25.0 Å². The number of thiocarbonyl (C=S) groups is 1. The minimum Gasteiger partial charge on any atom is -0.342 e. The van der Waals surface area contributed by atoms with Crippen molar-refractivity contribution >= 4 is 40.7 Å². The fraction of sp³-hybridized carbons (Fsp3) is 0.300. The Morgan fingerprint density at radius 1 is 1.21 bits per heavy atom. The van der Waals surface area contributed by atoms with Crippen molar-refractivity contribution in [3.8, 4) is 0 Å². The highest BCUT2D eigenvalue weighted by Crippen LogP contribution is 2.22. The van der Waals surface area contributed by atoms with Gasteiger partial charge >= 0.3 is 0 Å². The first-order chi connectivity index (χ1) is 6.47. The molecule has 4 heteroatoms. The summed E-state index contributed by atoms with van der Waals surface area (Å²) in [4.78, 5) is 0. The van der Waals surface area contributed by atoms with Crippen molar-refractivity contribution in [3.05, 3.63) is 30.3 Å². The van der Waals surface area contributed by atoms with Crippen LogP contribution in [0.3, 0.4) is 0 Å². The van der Waals surface area contributed by atoms with Gasteiger partial charge in [0.05, 0.1) is 0 Å². The molecular weight excluding hydrogens is 226 g/mol. The number of anilines is 1. The van der Waals surface area contributed by atoms with Crippen molar-refractivity contribution in [1.82, 2.24) is 0 Å². The van der Waals surface area contributed by atoms with Crippen LogP contribution in [-0.4, -0.2) is 11.5 Å². The largest absolute Gasteiger partial charge is 0.342 e. The van der Waals surface area contributed by atoms with E-state index in [0.29, 0.717) is 0 Å². The molecule has 0 aliphatic heterocycles. The summed E-state index contributed by atoms with van der Waals surface area (Å²) in [5, 5.41) is 3.23. The predicted molar refractivity (Wildman–Crippen MR) is 73.6 cm³/mol. The van der Waals surface area contributed by atoms with Crippen molar-refractivity contribution in [3.63, 3.8) is 0 Å². The first kappa shape index (κ1) is 11.7. The second-order valence-corrected chi connectivity index (χ2v) is 13.8. The van der Waals surface area contributed by atoms with Gasteiger partial charge in [0, 0.05) is 5.69 Å². The average Bonchev–Trinajstić information content (AvgIpc) is 2.02. The maximum absolute atomic E-state index is 5.27. The first-order valence-electron chi connectivity index (χ1n) is 4.52. The summed E-state index contributed by atoms with van der Waals surface area (Å²) in [6.45, 7) is 6.86. The van der Waals surface area contributed by atoms with E-state index in [4.69, 9.17) is 12.2 Å². The normalized spacial score (nSPS) is 11.1. The van der Waals surface area contributed by atoms with Crippen molar-refractivity contribution in [2.45, 2.75) is 19.6 Å². The lowest BCUT2D eigenvalue weighted by atomic mass is 10.3. The minimum atomic E-state index is -1.16. The quantitative estimate of drug-likeness (QED) is 0.622. The lowest BCUT2D eigenvalue weighted by molar-refractivity contribution is 1.66. The second-order valence-electron chi connectivity index (χ2n) is 3.99. The second kappa shape index (κ2) is 4.96. The highest BCUT2D eigenvalue weighted by Gasteiger charge is 2.16. The number of para-hydroxylation sites is 1. The lowest BCUT2D eigenvalue weighted by Gasteiger charge is -2.16. The third-order valence-electron chi connectivity index (χ3n) is 1.42. The molecule has 0 radical (unpaired) electrons.